The quantitative estimate of drug-likeness (QED) is 0.861. The fourth-order valence-corrected chi connectivity index (χ4v) is 1.60. The lowest BCUT2D eigenvalue weighted by atomic mass is 10.1. The van der Waals surface area contributed by atoms with Crippen molar-refractivity contribution in [3.05, 3.63) is 46.2 Å². The number of nitrogens with two attached hydrogens (primary N) is 1. The first kappa shape index (κ1) is 13.1. The first-order valence-corrected chi connectivity index (χ1v) is 5.30. The maximum Gasteiger partial charge on any atom is 0.416 e. The minimum absolute atomic E-state index is 0.00704. The summed E-state index contributed by atoms with van der Waals surface area (Å²) >= 11 is 0. The van der Waals surface area contributed by atoms with Crippen molar-refractivity contribution in [2.24, 2.45) is 7.05 Å². The summed E-state index contributed by atoms with van der Waals surface area (Å²) in [5, 5.41) is 3.94. The van der Waals surface area contributed by atoms with Crippen LogP contribution < -0.4 is 11.3 Å². The molecule has 0 aliphatic carbocycles. The van der Waals surface area contributed by atoms with Gasteiger partial charge in [-0.2, -0.15) is 18.3 Å². The zero-order chi connectivity index (χ0) is 14.2. The maximum atomic E-state index is 12.4. The van der Waals surface area contributed by atoms with Gasteiger partial charge in [-0.25, -0.2) is 4.68 Å². The molecule has 0 atom stereocenters. The zero-order valence-electron chi connectivity index (χ0n) is 9.90. The summed E-state index contributed by atoms with van der Waals surface area (Å²) in [6.45, 7) is 0. The van der Waals surface area contributed by atoms with Crippen LogP contribution in [0, 0.1) is 0 Å². The van der Waals surface area contributed by atoms with Crippen LogP contribution in [0.3, 0.4) is 0 Å². The molecular formula is C12H10F3N3O. The largest absolute Gasteiger partial charge is 0.416 e. The predicted octanol–water partition coefficient (Wildman–Crippen LogP) is 2.05. The third-order valence-electron chi connectivity index (χ3n) is 2.60. The number of alkyl halides is 3. The number of nitrogens with zero attached hydrogens (tertiary/aromatic N) is 2. The van der Waals surface area contributed by atoms with E-state index in [2.05, 4.69) is 5.10 Å². The molecule has 2 rings (SSSR count). The van der Waals surface area contributed by atoms with Gasteiger partial charge < -0.3 is 5.73 Å². The number of halogens is 3. The molecule has 0 radical (unpaired) electrons. The Kier molecular flexibility index (Phi) is 3.05. The first-order valence-electron chi connectivity index (χ1n) is 5.30. The molecule has 19 heavy (non-hydrogen) atoms. The smallest absolute Gasteiger partial charge is 0.394 e. The Balaban J connectivity index is 2.46. The van der Waals surface area contributed by atoms with Gasteiger partial charge in [0.1, 0.15) is 5.69 Å². The summed E-state index contributed by atoms with van der Waals surface area (Å²) in [5.74, 6) is 0. The third kappa shape index (κ3) is 2.59. The van der Waals surface area contributed by atoms with Crippen LogP contribution >= 0.6 is 0 Å². The Hall–Kier alpha value is -2.31. The van der Waals surface area contributed by atoms with Gasteiger partial charge >= 0.3 is 6.18 Å². The predicted molar refractivity (Wildman–Crippen MR) is 64.3 cm³/mol. The zero-order valence-corrected chi connectivity index (χ0v) is 9.90. The topological polar surface area (TPSA) is 60.9 Å². The number of nitrogen functional groups attached to an aromatic ring is 1. The van der Waals surface area contributed by atoms with Crippen LogP contribution in [0.5, 0.6) is 0 Å². The van der Waals surface area contributed by atoms with E-state index in [-0.39, 0.29) is 5.69 Å². The Bertz CT molecular complexity index is 633. The number of aryl methyl sites for hydroxylation is 1. The van der Waals surface area contributed by atoms with E-state index in [1.165, 1.54) is 25.2 Å². The lowest BCUT2D eigenvalue weighted by Crippen LogP contribution is -2.22. The van der Waals surface area contributed by atoms with Crippen LogP contribution in [0.15, 0.2) is 35.1 Å². The molecule has 0 fully saturated rings. The van der Waals surface area contributed by atoms with E-state index in [0.717, 1.165) is 16.8 Å². The molecule has 1 aromatic carbocycles. The molecule has 0 aliphatic rings. The Morgan fingerprint density at radius 3 is 2.26 bits per heavy atom. The molecule has 0 aliphatic heterocycles. The average molecular weight is 269 g/mol. The van der Waals surface area contributed by atoms with Crippen LogP contribution in [-0.2, 0) is 13.2 Å². The number of rotatable bonds is 1. The van der Waals surface area contributed by atoms with E-state index in [9.17, 15) is 18.0 Å². The molecule has 4 nitrogen and oxygen atoms in total. The van der Waals surface area contributed by atoms with Crippen LogP contribution in [0.25, 0.3) is 11.3 Å². The van der Waals surface area contributed by atoms with Gasteiger partial charge in [-0.05, 0) is 18.2 Å². The number of aromatic nitrogens is 2. The van der Waals surface area contributed by atoms with E-state index >= 15 is 0 Å². The molecule has 7 heteroatoms. The molecular weight excluding hydrogens is 259 g/mol. The molecule has 0 bridgehead atoms. The van der Waals surface area contributed by atoms with Crippen molar-refractivity contribution in [3.8, 4) is 11.3 Å². The van der Waals surface area contributed by atoms with Crippen molar-refractivity contribution in [3.63, 3.8) is 0 Å². The monoisotopic (exact) mass is 269 g/mol. The Morgan fingerprint density at radius 2 is 1.79 bits per heavy atom. The summed E-state index contributed by atoms with van der Waals surface area (Å²) in [4.78, 5) is 11.4. The highest BCUT2D eigenvalue weighted by atomic mass is 19.4. The number of hydrogen-bond acceptors (Lipinski definition) is 3. The summed E-state index contributed by atoms with van der Waals surface area (Å²) in [6, 6.07) is 5.83. The van der Waals surface area contributed by atoms with Gasteiger partial charge in [-0.1, -0.05) is 12.1 Å². The van der Waals surface area contributed by atoms with Gasteiger partial charge in [0.15, 0.2) is 0 Å². The minimum atomic E-state index is -4.38. The van der Waals surface area contributed by atoms with Crippen molar-refractivity contribution in [1.82, 2.24) is 9.78 Å². The van der Waals surface area contributed by atoms with Crippen molar-refractivity contribution >= 4 is 5.69 Å². The molecule has 0 unspecified atom stereocenters. The molecule has 2 aromatic rings. The second-order valence-electron chi connectivity index (χ2n) is 3.99. The molecule has 2 N–H and O–H groups in total. The normalized spacial score (nSPS) is 11.6. The van der Waals surface area contributed by atoms with Gasteiger partial charge in [0.2, 0.25) is 0 Å². The van der Waals surface area contributed by atoms with Crippen LogP contribution in [0.1, 0.15) is 5.56 Å². The third-order valence-corrected chi connectivity index (χ3v) is 2.60. The molecule has 0 spiro atoms. The molecule has 100 valence electrons. The van der Waals surface area contributed by atoms with Crippen LogP contribution in [0.4, 0.5) is 18.9 Å². The average Bonchev–Trinajstić information content (AvgIpc) is 2.34. The van der Waals surface area contributed by atoms with Crippen LogP contribution in [0.2, 0.25) is 0 Å². The summed E-state index contributed by atoms with van der Waals surface area (Å²) in [7, 11) is 1.42. The number of benzene rings is 1. The van der Waals surface area contributed by atoms with Crippen molar-refractivity contribution < 1.29 is 13.2 Å². The van der Waals surface area contributed by atoms with Gasteiger partial charge in [-0.15, -0.1) is 0 Å². The fourth-order valence-electron chi connectivity index (χ4n) is 1.60. The standard InChI is InChI=1S/C12H10F3N3O/c1-18-11(19)9(16)6-10(17-18)7-2-4-8(5-3-7)12(13,14)15/h2-6H,16H2,1H3. The highest BCUT2D eigenvalue weighted by Gasteiger charge is 2.30. The molecule has 1 aromatic heterocycles. The van der Waals surface area contributed by atoms with Gasteiger partial charge in [-0.3, -0.25) is 4.79 Å². The van der Waals surface area contributed by atoms with Crippen molar-refractivity contribution in [2.75, 3.05) is 5.73 Å². The van der Waals surface area contributed by atoms with Crippen LogP contribution in [-0.4, -0.2) is 9.78 Å². The van der Waals surface area contributed by atoms with Gasteiger partial charge in [0.25, 0.3) is 5.56 Å². The first-order chi connectivity index (χ1) is 8.79. The highest BCUT2D eigenvalue weighted by Crippen LogP contribution is 2.30. The second kappa shape index (κ2) is 4.42. The van der Waals surface area contributed by atoms with E-state index in [1.54, 1.807) is 0 Å². The van der Waals surface area contributed by atoms with E-state index in [4.69, 9.17) is 5.73 Å². The summed E-state index contributed by atoms with van der Waals surface area (Å²) in [5.41, 5.74) is 5.10. The van der Waals surface area contributed by atoms with Gasteiger partial charge in [0, 0.05) is 12.6 Å². The number of anilines is 1. The van der Waals surface area contributed by atoms with E-state index in [1.807, 2.05) is 0 Å². The Morgan fingerprint density at radius 1 is 1.21 bits per heavy atom. The van der Waals surface area contributed by atoms with Crippen molar-refractivity contribution in [2.45, 2.75) is 6.18 Å². The summed E-state index contributed by atoms with van der Waals surface area (Å²) < 4.78 is 38.3. The fraction of sp³-hybridized carbons (Fsp3) is 0.167. The minimum Gasteiger partial charge on any atom is -0.394 e. The van der Waals surface area contributed by atoms with Crippen molar-refractivity contribution in [1.29, 1.82) is 0 Å². The number of hydrogen-bond donors (Lipinski definition) is 1. The molecule has 0 amide bonds. The van der Waals surface area contributed by atoms with E-state index in [0.29, 0.717) is 11.3 Å². The summed E-state index contributed by atoms with van der Waals surface area (Å²) in [6.07, 6.45) is -4.38. The van der Waals surface area contributed by atoms with E-state index < -0.39 is 17.3 Å². The Labute approximate surface area is 106 Å². The second-order valence-corrected chi connectivity index (χ2v) is 3.99. The lowest BCUT2D eigenvalue weighted by molar-refractivity contribution is -0.137. The molecule has 1 heterocycles. The molecule has 0 saturated heterocycles. The maximum absolute atomic E-state index is 12.4. The van der Waals surface area contributed by atoms with Gasteiger partial charge in [0.05, 0.1) is 11.3 Å². The SMILES string of the molecule is Cn1nc(-c2ccc(C(F)(F)F)cc2)cc(N)c1=O. The highest BCUT2D eigenvalue weighted by molar-refractivity contribution is 5.62. The lowest BCUT2D eigenvalue weighted by Gasteiger charge is -2.08. The molecule has 0 saturated carbocycles.